The van der Waals surface area contributed by atoms with E-state index in [9.17, 15) is 4.79 Å². The van der Waals surface area contributed by atoms with Gasteiger partial charge >= 0.3 is 0 Å². The van der Waals surface area contributed by atoms with Crippen molar-refractivity contribution in [3.05, 3.63) is 40.7 Å². The number of hydrogen-bond donors (Lipinski definition) is 2. The minimum Gasteiger partial charge on any atom is -0.366 e. The van der Waals surface area contributed by atoms with Gasteiger partial charge in [0.25, 0.3) is 5.56 Å². The molecule has 19 heavy (non-hydrogen) atoms. The molecule has 0 bridgehead atoms. The van der Waals surface area contributed by atoms with Gasteiger partial charge in [-0.2, -0.15) is 5.10 Å². The lowest BCUT2D eigenvalue weighted by molar-refractivity contribution is 0.559. The molecule has 0 aromatic carbocycles. The number of aromatic nitrogens is 4. The highest BCUT2D eigenvalue weighted by Crippen LogP contribution is 2.10. The van der Waals surface area contributed by atoms with Gasteiger partial charge < -0.3 is 10.3 Å². The Labute approximate surface area is 111 Å². The van der Waals surface area contributed by atoms with Crippen LogP contribution in [0.5, 0.6) is 0 Å². The molecule has 0 aliphatic carbocycles. The van der Waals surface area contributed by atoms with Gasteiger partial charge in [-0.1, -0.05) is 13.8 Å². The highest BCUT2D eigenvalue weighted by atomic mass is 16.1. The maximum Gasteiger partial charge on any atom is 0.252 e. The maximum absolute atomic E-state index is 11.6. The van der Waals surface area contributed by atoms with Gasteiger partial charge in [0, 0.05) is 30.4 Å². The fourth-order valence-corrected chi connectivity index (χ4v) is 1.81. The predicted octanol–water partition coefficient (Wildman–Crippen LogP) is 1.59. The molecule has 2 aromatic heterocycles. The van der Waals surface area contributed by atoms with Gasteiger partial charge in [-0.05, 0) is 13.0 Å². The smallest absolute Gasteiger partial charge is 0.252 e. The van der Waals surface area contributed by atoms with Gasteiger partial charge in [0.05, 0.1) is 6.54 Å². The Morgan fingerprint density at radius 3 is 2.84 bits per heavy atom. The first-order valence-electron chi connectivity index (χ1n) is 6.40. The second kappa shape index (κ2) is 5.69. The highest BCUT2D eigenvalue weighted by molar-refractivity contribution is 5.34. The molecular formula is C13H19N5O. The molecule has 6 heteroatoms. The van der Waals surface area contributed by atoms with Crippen LogP contribution < -0.4 is 10.9 Å². The predicted molar refractivity (Wildman–Crippen MR) is 74.3 cm³/mol. The Balaban J connectivity index is 2.08. The molecule has 2 heterocycles. The summed E-state index contributed by atoms with van der Waals surface area (Å²) in [5, 5.41) is 7.37. The molecule has 2 aromatic rings. The molecule has 0 radical (unpaired) electrons. The summed E-state index contributed by atoms with van der Waals surface area (Å²) in [5.41, 5.74) is -0.132. The minimum atomic E-state index is -0.132. The van der Waals surface area contributed by atoms with E-state index in [4.69, 9.17) is 0 Å². The number of nitrogens with one attached hydrogen (secondary N) is 2. The second-order valence-corrected chi connectivity index (χ2v) is 4.94. The molecule has 2 N–H and O–H groups in total. The fourth-order valence-electron chi connectivity index (χ4n) is 1.81. The summed E-state index contributed by atoms with van der Waals surface area (Å²) in [6.07, 6.45) is 3.65. The Kier molecular flexibility index (Phi) is 3.99. The number of anilines is 1. The van der Waals surface area contributed by atoms with Crippen molar-refractivity contribution in [1.29, 1.82) is 0 Å². The molecule has 102 valence electrons. The van der Waals surface area contributed by atoms with Crippen LogP contribution in [-0.4, -0.2) is 25.8 Å². The Hall–Kier alpha value is -2.11. The molecule has 0 amide bonds. The number of H-pyrrole nitrogens is 1. The van der Waals surface area contributed by atoms with E-state index < -0.39 is 0 Å². The SMILES string of the molecule is CC(Cn1cccn1)Nc1cc(=O)[nH]c(C(C)C)n1. The zero-order valence-corrected chi connectivity index (χ0v) is 11.4. The van der Waals surface area contributed by atoms with Crippen LogP contribution in [0.25, 0.3) is 0 Å². The number of nitrogens with zero attached hydrogens (tertiary/aromatic N) is 3. The van der Waals surface area contributed by atoms with Crippen molar-refractivity contribution in [3.63, 3.8) is 0 Å². The normalized spacial score (nSPS) is 12.6. The van der Waals surface area contributed by atoms with E-state index in [1.165, 1.54) is 6.07 Å². The second-order valence-electron chi connectivity index (χ2n) is 4.94. The van der Waals surface area contributed by atoms with Crippen molar-refractivity contribution >= 4 is 5.82 Å². The van der Waals surface area contributed by atoms with Gasteiger partial charge in [0.2, 0.25) is 0 Å². The fraction of sp³-hybridized carbons (Fsp3) is 0.462. The van der Waals surface area contributed by atoms with Gasteiger partial charge in [0.15, 0.2) is 0 Å². The third kappa shape index (κ3) is 3.67. The Bertz CT molecular complexity index is 573. The number of hydrogen-bond acceptors (Lipinski definition) is 4. The first kappa shape index (κ1) is 13.3. The molecule has 1 unspecified atom stereocenters. The summed E-state index contributed by atoms with van der Waals surface area (Å²) < 4.78 is 1.84. The zero-order valence-electron chi connectivity index (χ0n) is 11.4. The van der Waals surface area contributed by atoms with E-state index >= 15 is 0 Å². The summed E-state index contributed by atoms with van der Waals surface area (Å²) in [5.74, 6) is 1.49. The molecule has 0 saturated heterocycles. The van der Waals surface area contributed by atoms with Crippen molar-refractivity contribution in [2.45, 2.75) is 39.3 Å². The van der Waals surface area contributed by atoms with Crippen molar-refractivity contribution < 1.29 is 0 Å². The van der Waals surface area contributed by atoms with Crippen molar-refractivity contribution in [2.75, 3.05) is 5.32 Å². The van der Waals surface area contributed by atoms with E-state index in [1.807, 2.05) is 37.7 Å². The molecule has 0 spiro atoms. The molecule has 1 atom stereocenters. The molecular weight excluding hydrogens is 242 g/mol. The summed E-state index contributed by atoms with van der Waals surface area (Å²) in [6.45, 7) is 6.74. The molecule has 2 rings (SSSR count). The van der Waals surface area contributed by atoms with Crippen LogP contribution in [0.3, 0.4) is 0 Å². The third-order valence-corrected chi connectivity index (χ3v) is 2.72. The van der Waals surface area contributed by atoms with Crippen molar-refractivity contribution in [2.24, 2.45) is 0 Å². The van der Waals surface area contributed by atoms with Crippen LogP contribution in [0.4, 0.5) is 5.82 Å². The topological polar surface area (TPSA) is 75.6 Å². The van der Waals surface area contributed by atoms with Crippen LogP contribution >= 0.6 is 0 Å². The third-order valence-electron chi connectivity index (χ3n) is 2.72. The highest BCUT2D eigenvalue weighted by Gasteiger charge is 2.08. The summed E-state index contributed by atoms with van der Waals surface area (Å²) in [6, 6.07) is 3.50. The average molecular weight is 261 g/mol. The molecule has 0 aliphatic heterocycles. The molecule has 0 saturated carbocycles. The lowest BCUT2D eigenvalue weighted by atomic mass is 10.2. The first-order chi connectivity index (χ1) is 9.04. The molecule has 0 aliphatic rings. The summed E-state index contributed by atoms with van der Waals surface area (Å²) >= 11 is 0. The van der Waals surface area contributed by atoms with Crippen molar-refractivity contribution in [1.82, 2.24) is 19.7 Å². The largest absolute Gasteiger partial charge is 0.366 e. The van der Waals surface area contributed by atoms with E-state index in [0.717, 1.165) is 6.54 Å². The van der Waals surface area contributed by atoms with E-state index in [-0.39, 0.29) is 17.5 Å². The van der Waals surface area contributed by atoms with Crippen LogP contribution in [0, 0.1) is 0 Å². The van der Waals surface area contributed by atoms with Gasteiger partial charge in [-0.15, -0.1) is 0 Å². The number of aromatic amines is 1. The Morgan fingerprint density at radius 1 is 1.42 bits per heavy atom. The first-order valence-corrected chi connectivity index (χ1v) is 6.40. The van der Waals surface area contributed by atoms with Gasteiger partial charge in [-0.25, -0.2) is 4.98 Å². The monoisotopic (exact) mass is 261 g/mol. The van der Waals surface area contributed by atoms with Crippen LogP contribution in [-0.2, 0) is 6.54 Å². The van der Waals surface area contributed by atoms with Crippen molar-refractivity contribution in [3.8, 4) is 0 Å². The van der Waals surface area contributed by atoms with Crippen LogP contribution in [0.2, 0.25) is 0 Å². The standard InChI is InChI=1S/C13H19N5O/c1-9(2)13-16-11(7-12(19)17-13)15-10(3)8-18-6-4-5-14-18/h4-7,9-10H,8H2,1-3H3,(H2,15,16,17,19). The van der Waals surface area contributed by atoms with Crippen LogP contribution in [0.15, 0.2) is 29.3 Å². The van der Waals surface area contributed by atoms with Gasteiger partial charge in [-0.3, -0.25) is 9.48 Å². The van der Waals surface area contributed by atoms with E-state index in [0.29, 0.717) is 11.6 Å². The number of rotatable bonds is 5. The average Bonchev–Trinajstić information content (AvgIpc) is 2.80. The van der Waals surface area contributed by atoms with E-state index in [2.05, 4.69) is 20.4 Å². The van der Waals surface area contributed by atoms with Crippen LogP contribution in [0.1, 0.15) is 32.5 Å². The van der Waals surface area contributed by atoms with Gasteiger partial charge in [0.1, 0.15) is 11.6 Å². The Morgan fingerprint density at radius 2 is 2.21 bits per heavy atom. The quantitative estimate of drug-likeness (QED) is 0.857. The molecule has 0 fully saturated rings. The zero-order chi connectivity index (χ0) is 13.8. The summed E-state index contributed by atoms with van der Waals surface area (Å²) in [7, 11) is 0. The summed E-state index contributed by atoms with van der Waals surface area (Å²) in [4.78, 5) is 18.7. The molecule has 6 nitrogen and oxygen atoms in total. The lowest BCUT2D eigenvalue weighted by Crippen LogP contribution is -2.24. The van der Waals surface area contributed by atoms with E-state index in [1.54, 1.807) is 6.20 Å². The maximum atomic E-state index is 11.6. The minimum absolute atomic E-state index is 0.132. The lowest BCUT2D eigenvalue weighted by Gasteiger charge is -2.15.